The summed E-state index contributed by atoms with van der Waals surface area (Å²) in [6.07, 6.45) is 0.232. The van der Waals surface area contributed by atoms with E-state index in [1.54, 1.807) is 44.3 Å². The summed E-state index contributed by atoms with van der Waals surface area (Å²) in [5.74, 6) is 0.515. The number of aliphatic hydroxyl groups excluding tert-OH is 4. The fraction of sp³-hybridized carbons (Fsp3) is 0.554. The average Bonchev–Trinajstić information content (AvgIpc) is 2.74. The molecule has 3 radical (unpaired) electrons. The van der Waals surface area contributed by atoms with Crippen molar-refractivity contribution in [1.29, 1.82) is 0 Å². The van der Waals surface area contributed by atoms with Gasteiger partial charge in [-0.15, -0.1) is 10.2 Å². The summed E-state index contributed by atoms with van der Waals surface area (Å²) in [7, 11) is -3.66. The van der Waals surface area contributed by atoms with Crippen LogP contribution >= 0.6 is 0 Å². The largest absolute Gasteiger partial charge is 1.00 e. The van der Waals surface area contributed by atoms with E-state index in [9.17, 15) is 46.5 Å². The maximum Gasteiger partial charge on any atom is 1.00 e. The number of hydrogen-bond acceptors (Lipinski definition) is 18. The van der Waals surface area contributed by atoms with Crippen molar-refractivity contribution in [2.24, 2.45) is 0 Å². The molecule has 0 amide bonds. The van der Waals surface area contributed by atoms with Gasteiger partial charge in [0.2, 0.25) is 20.0 Å². The van der Waals surface area contributed by atoms with Gasteiger partial charge in [-0.1, -0.05) is 26.7 Å². The SMILES string of the molecule is CCCc1c(C(O)CC(=O)OCC)c(C)c2c(=O)[nH]c(-c3cc(S(=O)(=O)N4CCN(C)CC4)ccc3OCC)nn12.CCCc1c(C(O)CCO)c(C)c2c(=O)[nH]c(-c3cc(S(=O)(=O)N4CCN(C)CC4)ccc3OCC)nn12.CCO.[B].[H-].[Na+]. The molecule has 0 saturated carbocycles. The Kier molecular flexibility index (Phi) is 27.3. The van der Waals surface area contributed by atoms with Crippen molar-refractivity contribution in [3.8, 4) is 34.3 Å². The number of aliphatic hydroxyl groups is 4. The summed E-state index contributed by atoms with van der Waals surface area (Å²) in [4.78, 5) is 48.9. The fourth-order valence-corrected chi connectivity index (χ4v) is 13.2. The first-order chi connectivity index (χ1) is 39.1. The molecule has 457 valence electrons. The number of piperazine rings is 2. The number of aromatic amines is 2. The Hall–Kier alpha value is -5.01. The van der Waals surface area contributed by atoms with Gasteiger partial charge in [0.05, 0.1) is 59.4 Å². The van der Waals surface area contributed by atoms with Crippen LogP contribution in [0.1, 0.15) is 115 Å². The van der Waals surface area contributed by atoms with E-state index in [4.69, 9.17) is 29.5 Å². The Bertz CT molecular complexity index is 3530. The van der Waals surface area contributed by atoms with E-state index in [1.807, 2.05) is 41.8 Å². The number of esters is 1. The number of ether oxygens (including phenoxy) is 3. The molecule has 2 aliphatic heterocycles. The van der Waals surface area contributed by atoms with Gasteiger partial charge >= 0.3 is 35.5 Å². The number of rotatable bonds is 21. The molecule has 2 saturated heterocycles. The van der Waals surface area contributed by atoms with Crippen LogP contribution in [0.3, 0.4) is 0 Å². The zero-order chi connectivity index (χ0) is 60.2. The van der Waals surface area contributed by atoms with Crippen LogP contribution in [-0.2, 0) is 42.4 Å². The normalized spacial score (nSPS) is 15.3. The van der Waals surface area contributed by atoms with E-state index < -0.39 is 49.3 Å². The molecule has 2 unspecified atom stereocenters. The first-order valence-corrected chi connectivity index (χ1v) is 30.9. The topological polar surface area (TPSA) is 307 Å². The number of sulfonamides is 2. The van der Waals surface area contributed by atoms with Gasteiger partial charge in [-0.05, 0) is 116 Å². The number of nitrogens with zero attached hydrogens (tertiary/aromatic N) is 8. The van der Waals surface area contributed by atoms with Gasteiger partial charge in [-0.2, -0.15) is 8.61 Å². The number of likely N-dealkylation sites (N-methyl/N-ethyl adjacent to an activating group) is 2. The number of fused-ring (bicyclic) bond motifs is 2. The molecule has 2 aliphatic rings. The summed E-state index contributed by atoms with van der Waals surface area (Å²) in [6.45, 7) is 19.4. The Labute approximate surface area is 517 Å². The molecule has 2 fully saturated rings. The molecule has 28 heteroatoms. The third kappa shape index (κ3) is 15.9. The van der Waals surface area contributed by atoms with Crippen LogP contribution in [0.25, 0.3) is 33.8 Å². The number of nitrogens with one attached hydrogen (secondary N) is 2. The molecular weight excluding hydrogens is 1130 g/mol. The van der Waals surface area contributed by atoms with E-state index in [2.05, 4.69) is 19.8 Å². The molecule has 0 aliphatic carbocycles. The van der Waals surface area contributed by atoms with Gasteiger partial charge in [-0.3, -0.25) is 14.4 Å². The second kappa shape index (κ2) is 32.1. The van der Waals surface area contributed by atoms with E-state index in [-0.39, 0.29) is 99.0 Å². The van der Waals surface area contributed by atoms with E-state index in [1.165, 1.54) is 37.4 Å². The number of hydrogen-bond donors (Lipinski definition) is 6. The zero-order valence-electron chi connectivity index (χ0n) is 51.4. The van der Waals surface area contributed by atoms with Crippen molar-refractivity contribution in [2.45, 2.75) is 116 Å². The van der Waals surface area contributed by atoms with Gasteiger partial charge in [0, 0.05) is 103 Å². The van der Waals surface area contributed by atoms with Crippen LogP contribution in [0.5, 0.6) is 11.5 Å². The maximum atomic E-state index is 13.5. The molecule has 8 rings (SSSR count). The van der Waals surface area contributed by atoms with Crippen LogP contribution in [0.15, 0.2) is 55.8 Å². The molecule has 6 N–H and O–H groups in total. The minimum atomic E-state index is -3.80. The van der Waals surface area contributed by atoms with Crippen LogP contribution < -0.4 is 50.1 Å². The van der Waals surface area contributed by atoms with Crippen LogP contribution in [0.2, 0.25) is 0 Å². The van der Waals surface area contributed by atoms with Crippen molar-refractivity contribution < 1.29 is 87.3 Å². The Morgan fingerprint density at radius 1 is 0.643 bits per heavy atom. The summed E-state index contributed by atoms with van der Waals surface area (Å²) in [5.41, 5.74) is 3.81. The van der Waals surface area contributed by atoms with Gasteiger partial charge in [0.25, 0.3) is 11.1 Å². The molecule has 4 aromatic heterocycles. The quantitative estimate of drug-likeness (QED) is 0.0427. The van der Waals surface area contributed by atoms with Gasteiger partial charge < -0.3 is 55.8 Å². The second-order valence-corrected chi connectivity index (χ2v) is 23.9. The number of carbonyl (C=O) groups is 1. The summed E-state index contributed by atoms with van der Waals surface area (Å²) in [5, 5.41) is 48.2. The van der Waals surface area contributed by atoms with Crippen LogP contribution in [0.4, 0.5) is 0 Å². The molecule has 24 nitrogen and oxygen atoms in total. The minimum Gasteiger partial charge on any atom is -1.00 e. The molecule has 2 atom stereocenters. The minimum absolute atomic E-state index is 0. The average molecular weight is 1220 g/mol. The van der Waals surface area contributed by atoms with E-state index in [0.29, 0.717) is 147 Å². The van der Waals surface area contributed by atoms with Crippen LogP contribution in [0, 0.1) is 13.8 Å². The van der Waals surface area contributed by atoms with Crippen molar-refractivity contribution in [1.82, 2.24) is 47.6 Å². The summed E-state index contributed by atoms with van der Waals surface area (Å²) in [6, 6.07) is 9.18. The molecule has 6 heterocycles. The number of H-pyrrole nitrogens is 2. The summed E-state index contributed by atoms with van der Waals surface area (Å²) < 4.78 is 76.6. The van der Waals surface area contributed by atoms with Gasteiger partial charge in [0.1, 0.15) is 22.5 Å². The first kappa shape index (κ1) is 71.5. The molecule has 6 aromatic rings. The predicted molar refractivity (Wildman–Crippen MR) is 317 cm³/mol. The van der Waals surface area contributed by atoms with Gasteiger partial charge in [0.15, 0.2) is 11.6 Å². The monoisotopic (exact) mass is 1220 g/mol. The number of aromatic nitrogens is 6. The third-order valence-electron chi connectivity index (χ3n) is 14.3. The van der Waals surface area contributed by atoms with E-state index >= 15 is 0 Å². The van der Waals surface area contributed by atoms with Crippen LogP contribution in [-0.4, -0.2) is 199 Å². The molecule has 2 aromatic carbocycles. The maximum absolute atomic E-state index is 13.5. The Morgan fingerprint density at radius 2 is 1.02 bits per heavy atom. The molecule has 0 spiro atoms. The first-order valence-electron chi connectivity index (χ1n) is 28.0. The van der Waals surface area contributed by atoms with Crippen molar-refractivity contribution in [3.05, 3.63) is 90.7 Å². The van der Waals surface area contributed by atoms with Crippen molar-refractivity contribution in [3.63, 3.8) is 0 Å². The number of carbonyl (C=O) groups excluding carboxylic acids is 1. The molecule has 84 heavy (non-hydrogen) atoms. The van der Waals surface area contributed by atoms with Gasteiger partial charge in [-0.25, -0.2) is 25.9 Å². The van der Waals surface area contributed by atoms with E-state index in [0.717, 1.165) is 6.42 Å². The summed E-state index contributed by atoms with van der Waals surface area (Å²) >= 11 is 0. The fourth-order valence-electron chi connectivity index (χ4n) is 10.3. The number of aryl methyl sites for hydroxylation is 4. The third-order valence-corrected chi connectivity index (χ3v) is 18.1. The second-order valence-electron chi connectivity index (χ2n) is 20.1. The molecular formula is C56H83BN10NaO14S2. The standard InChI is InChI=1S/C28H39N5O7S.C26H37N5O6S.C2H6O.B.Na.H/c1-6-9-21-25(22(34)17-24(35)40-8-3)18(4)26-28(36)29-27(30-33(21)26)20-16-19(10-11-23(20)39-7-2)41(37,38)32-14-12-31(5)13-15-32;1-5-7-20-23(21(33)10-15-32)17(3)24-26(34)27-25(28-31(20)24)19-16-18(8-9-22(19)37-6-2)38(35,36)30-13-11-29(4)12-14-30;1-2-3;;;/h10-11,16,22,34H,6-9,12-15,17H2,1-5H3,(H,29,30,36);8-9,16,21,32-33H,5-7,10-15H2,1-4H3,(H,27,28,34);3H,2H2,1H3;;;/q;;;;+1;-1. The number of benzene rings is 2. The van der Waals surface area contributed by atoms with Crippen molar-refractivity contribution >= 4 is 45.5 Å². The smallest absolute Gasteiger partial charge is 1.00 e. The zero-order valence-corrected chi connectivity index (χ0v) is 54.0. The Balaban J connectivity index is 0.000000413. The Morgan fingerprint density at radius 3 is 1.37 bits per heavy atom. The molecule has 0 bridgehead atoms. The van der Waals surface area contributed by atoms with Crippen molar-refractivity contribution in [2.75, 3.05) is 99.5 Å². The predicted octanol–water partition coefficient (Wildman–Crippen LogP) is 0.707.